The van der Waals surface area contributed by atoms with Crippen LogP contribution in [0.1, 0.15) is 5.56 Å². The van der Waals surface area contributed by atoms with Crippen molar-refractivity contribution in [1.82, 2.24) is 0 Å². The van der Waals surface area contributed by atoms with Gasteiger partial charge in [0.1, 0.15) is 5.82 Å². The van der Waals surface area contributed by atoms with Crippen LogP contribution in [0.5, 0.6) is 0 Å². The van der Waals surface area contributed by atoms with E-state index in [0.29, 0.717) is 9.13 Å². The van der Waals surface area contributed by atoms with Gasteiger partial charge < -0.3 is 0 Å². The van der Waals surface area contributed by atoms with E-state index in [-0.39, 0.29) is 5.82 Å². The third-order valence-corrected chi connectivity index (χ3v) is 4.09. The second-order valence-corrected chi connectivity index (χ2v) is 4.11. The highest BCUT2D eigenvalue weighted by Gasteiger charge is 2.04. The molecule has 1 rings (SSSR count). The van der Waals surface area contributed by atoms with Crippen LogP contribution in [0.3, 0.4) is 0 Å². The summed E-state index contributed by atoms with van der Waals surface area (Å²) in [5.74, 6) is -0.325. The lowest BCUT2D eigenvalue weighted by atomic mass is 10.2. The van der Waals surface area contributed by atoms with Gasteiger partial charge in [0.2, 0.25) is 0 Å². The van der Waals surface area contributed by atoms with Gasteiger partial charge in [-0.25, -0.2) is 4.39 Å². The second-order valence-electron chi connectivity index (χ2n) is 1.87. The van der Waals surface area contributed by atoms with Gasteiger partial charge in [-0.3, -0.25) is 0 Å². The third-order valence-electron chi connectivity index (χ3n) is 1.11. The number of nitrogens with zero attached hydrogens (tertiary/aromatic N) is 1. The van der Waals surface area contributed by atoms with Crippen molar-refractivity contribution < 1.29 is 4.39 Å². The lowest BCUT2D eigenvalue weighted by molar-refractivity contribution is 0.618. The Morgan fingerprint density at radius 2 is 2.00 bits per heavy atom. The van der Waals surface area contributed by atoms with E-state index in [1.165, 1.54) is 6.07 Å². The molecule has 0 aliphatic heterocycles. The van der Waals surface area contributed by atoms with Crippen LogP contribution in [0.4, 0.5) is 4.39 Å². The number of benzene rings is 1. The van der Waals surface area contributed by atoms with Crippen molar-refractivity contribution >= 4 is 45.2 Å². The fourth-order valence-corrected chi connectivity index (χ4v) is 1.52. The second kappa shape index (κ2) is 3.67. The molecule has 0 amide bonds. The molecule has 0 aliphatic rings. The summed E-state index contributed by atoms with van der Waals surface area (Å²) in [7, 11) is 0. The van der Waals surface area contributed by atoms with Crippen molar-refractivity contribution in [3.63, 3.8) is 0 Å². The van der Waals surface area contributed by atoms with Crippen molar-refractivity contribution in [2.45, 2.75) is 0 Å². The van der Waals surface area contributed by atoms with E-state index in [9.17, 15) is 4.39 Å². The van der Waals surface area contributed by atoms with Gasteiger partial charge in [-0.05, 0) is 57.3 Å². The van der Waals surface area contributed by atoms with Crippen LogP contribution in [-0.2, 0) is 0 Å². The molecular formula is C7H2FI2N. The summed E-state index contributed by atoms with van der Waals surface area (Å²) in [6.45, 7) is 0. The smallest absolute Gasteiger partial charge is 0.138 e. The van der Waals surface area contributed by atoms with Crippen molar-refractivity contribution in [2.75, 3.05) is 0 Å². The summed E-state index contributed by atoms with van der Waals surface area (Å²) in [5.41, 5.74) is 0.368. The van der Waals surface area contributed by atoms with Gasteiger partial charge in [0.25, 0.3) is 0 Å². The molecule has 0 bridgehead atoms. The molecule has 0 radical (unpaired) electrons. The van der Waals surface area contributed by atoms with Gasteiger partial charge in [0.05, 0.1) is 15.2 Å². The molecule has 11 heavy (non-hydrogen) atoms. The third kappa shape index (κ3) is 2.02. The zero-order valence-electron chi connectivity index (χ0n) is 5.24. The number of nitriles is 1. The van der Waals surface area contributed by atoms with Crippen LogP contribution in [0.25, 0.3) is 0 Å². The first-order chi connectivity index (χ1) is 5.15. The zero-order valence-corrected chi connectivity index (χ0v) is 9.55. The molecule has 0 aliphatic carbocycles. The van der Waals surface area contributed by atoms with Crippen molar-refractivity contribution in [3.05, 3.63) is 30.7 Å². The maximum Gasteiger partial charge on any atom is 0.138 e. The lowest BCUT2D eigenvalue weighted by Crippen LogP contribution is -1.88. The highest BCUT2D eigenvalue weighted by atomic mass is 127. The molecule has 0 spiro atoms. The van der Waals surface area contributed by atoms with Gasteiger partial charge in [-0.2, -0.15) is 5.26 Å². The van der Waals surface area contributed by atoms with Gasteiger partial charge in [-0.1, -0.05) is 0 Å². The summed E-state index contributed by atoms with van der Waals surface area (Å²) in [6.07, 6.45) is 0. The largest absolute Gasteiger partial charge is 0.206 e. The van der Waals surface area contributed by atoms with Crippen LogP contribution < -0.4 is 0 Å². The lowest BCUT2D eigenvalue weighted by Gasteiger charge is -1.97. The molecule has 0 saturated carbocycles. The first kappa shape index (κ1) is 9.19. The fraction of sp³-hybridized carbons (Fsp3) is 0. The predicted molar refractivity (Wildman–Crippen MR) is 56.5 cm³/mol. The molecular weight excluding hydrogens is 371 g/mol. The number of hydrogen-bond acceptors (Lipinski definition) is 1. The first-order valence-electron chi connectivity index (χ1n) is 2.70. The predicted octanol–water partition coefficient (Wildman–Crippen LogP) is 2.91. The van der Waals surface area contributed by atoms with E-state index in [0.717, 1.165) is 3.57 Å². The van der Waals surface area contributed by atoms with Crippen LogP contribution in [0.15, 0.2) is 12.1 Å². The highest BCUT2D eigenvalue weighted by Crippen LogP contribution is 2.19. The molecule has 0 atom stereocenters. The molecule has 0 fully saturated rings. The van der Waals surface area contributed by atoms with E-state index < -0.39 is 0 Å². The van der Waals surface area contributed by atoms with Crippen molar-refractivity contribution in [1.29, 1.82) is 5.26 Å². The SMILES string of the molecule is N#Cc1cc(F)c(I)c(I)c1. The van der Waals surface area contributed by atoms with E-state index >= 15 is 0 Å². The van der Waals surface area contributed by atoms with Crippen molar-refractivity contribution in [3.8, 4) is 6.07 Å². The minimum atomic E-state index is -0.325. The van der Waals surface area contributed by atoms with Gasteiger partial charge in [-0.15, -0.1) is 0 Å². The molecule has 4 heteroatoms. The average Bonchev–Trinajstić information content (AvgIpc) is 1.99. The van der Waals surface area contributed by atoms with E-state index in [4.69, 9.17) is 5.26 Å². The quantitative estimate of drug-likeness (QED) is 0.507. The molecule has 1 aromatic rings. The molecule has 1 aromatic carbocycles. The summed E-state index contributed by atoms with van der Waals surface area (Å²) in [4.78, 5) is 0. The maximum atomic E-state index is 12.9. The topological polar surface area (TPSA) is 23.8 Å². The Morgan fingerprint density at radius 3 is 2.45 bits per heavy atom. The zero-order chi connectivity index (χ0) is 8.43. The average molecular weight is 373 g/mol. The maximum absolute atomic E-state index is 12.9. The normalized spacial score (nSPS) is 9.27. The molecule has 56 valence electrons. The van der Waals surface area contributed by atoms with Gasteiger partial charge >= 0.3 is 0 Å². The Labute approximate surface area is 90.9 Å². The first-order valence-corrected chi connectivity index (χ1v) is 4.85. The molecule has 1 nitrogen and oxygen atoms in total. The number of rotatable bonds is 0. The van der Waals surface area contributed by atoms with Crippen molar-refractivity contribution in [2.24, 2.45) is 0 Å². The van der Waals surface area contributed by atoms with Gasteiger partial charge in [0, 0.05) is 3.57 Å². The van der Waals surface area contributed by atoms with E-state index in [1.54, 1.807) is 6.07 Å². The molecule has 0 N–H and O–H groups in total. The Hall–Kier alpha value is 0.1000. The standard InChI is InChI=1S/C7H2FI2N/c8-5-1-4(3-11)2-6(9)7(5)10/h1-2H. The Kier molecular flexibility index (Phi) is 3.06. The molecule has 0 heterocycles. The van der Waals surface area contributed by atoms with Crippen LogP contribution >= 0.6 is 45.2 Å². The monoisotopic (exact) mass is 373 g/mol. The van der Waals surface area contributed by atoms with E-state index in [2.05, 4.69) is 0 Å². The molecule has 0 unspecified atom stereocenters. The fourth-order valence-electron chi connectivity index (χ4n) is 0.620. The Morgan fingerprint density at radius 1 is 1.36 bits per heavy atom. The summed E-state index contributed by atoms with van der Waals surface area (Å²) in [6, 6.07) is 4.79. The summed E-state index contributed by atoms with van der Waals surface area (Å²) < 4.78 is 14.2. The van der Waals surface area contributed by atoms with Crippen LogP contribution in [0, 0.1) is 24.3 Å². The summed E-state index contributed by atoms with van der Waals surface area (Å²) in [5, 5.41) is 8.45. The number of hydrogen-bond donors (Lipinski definition) is 0. The minimum Gasteiger partial charge on any atom is -0.206 e. The molecule has 0 aromatic heterocycles. The Balaban J connectivity index is 3.35. The van der Waals surface area contributed by atoms with Crippen LogP contribution in [-0.4, -0.2) is 0 Å². The molecule has 0 saturated heterocycles. The van der Waals surface area contributed by atoms with Gasteiger partial charge in [0.15, 0.2) is 0 Å². The number of halogens is 3. The Bertz CT molecular complexity index is 307. The van der Waals surface area contributed by atoms with Crippen LogP contribution in [0.2, 0.25) is 0 Å². The minimum absolute atomic E-state index is 0.325. The summed E-state index contributed by atoms with van der Waals surface area (Å²) >= 11 is 3.91. The van der Waals surface area contributed by atoms with E-state index in [1.807, 2.05) is 51.3 Å². The highest BCUT2D eigenvalue weighted by molar-refractivity contribution is 14.1.